The molecule has 0 amide bonds. The molecule has 1 heterocycles. The predicted molar refractivity (Wildman–Crippen MR) is 192 cm³/mol. The van der Waals surface area contributed by atoms with Crippen LogP contribution in [0.5, 0.6) is 0 Å². The van der Waals surface area contributed by atoms with Crippen molar-refractivity contribution in [3.8, 4) is 0 Å². The third-order valence-corrected chi connectivity index (χ3v) is 10.8. The van der Waals surface area contributed by atoms with E-state index in [-0.39, 0.29) is 31.2 Å². The molecular weight excluding hydrogens is 683 g/mol. The van der Waals surface area contributed by atoms with Gasteiger partial charge in [-0.3, -0.25) is 19.2 Å². The number of ether oxygens (including phenoxy) is 1. The molecule has 4 rings (SSSR count). The van der Waals surface area contributed by atoms with Crippen LogP contribution >= 0.6 is 7.26 Å². The molecule has 260 valence electrons. The number of allylic oxidation sites excluding steroid dienone is 1. The van der Waals surface area contributed by atoms with Gasteiger partial charge in [0.1, 0.15) is 23.2 Å². The van der Waals surface area contributed by atoms with E-state index in [9.17, 15) is 19.5 Å². The third-order valence-electron chi connectivity index (χ3n) is 6.35. The van der Waals surface area contributed by atoms with Crippen molar-refractivity contribution in [2.24, 2.45) is 0 Å². The van der Waals surface area contributed by atoms with Crippen molar-refractivity contribution < 1.29 is 57.6 Å². The fourth-order valence-electron chi connectivity index (χ4n) is 4.20. The van der Waals surface area contributed by atoms with Crippen molar-refractivity contribution in [1.82, 2.24) is 0 Å². The summed E-state index contributed by atoms with van der Waals surface area (Å²) >= 11 is 0. The lowest BCUT2D eigenvalue weighted by Crippen LogP contribution is -3.00. The number of aliphatic carboxylic acids is 3. The molecule has 3 aromatic rings. The highest BCUT2D eigenvalue weighted by atomic mass is 79.9. The van der Waals surface area contributed by atoms with E-state index in [0.717, 1.165) is 32.3 Å². The van der Waals surface area contributed by atoms with Crippen LogP contribution in [0.4, 0.5) is 0 Å². The number of halogens is 1. The minimum atomic E-state index is -1.99. The maximum absolute atomic E-state index is 11.4. The van der Waals surface area contributed by atoms with Gasteiger partial charge in [-0.25, -0.2) is 0 Å². The fraction of sp³-hybridized carbons (Fsp3) is 0.351. The molecule has 1 aliphatic heterocycles. The number of carbonyl (C=O) groups is 3. The summed E-state index contributed by atoms with van der Waals surface area (Å²) in [7, 11) is -1.99. The molecule has 1 aliphatic rings. The van der Waals surface area contributed by atoms with E-state index in [1.54, 1.807) is 26.0 Å². The maximum atomic E-state index is 11.4. The first-order valence-electron chi connectivity index (χ1n) is 15.5. The molecule has 47 heavy (non-hydrogen) atoms. The van der Waals surface area contributed by atoms with Crippen LogP contribution in [0.2, 0.25) is 0 Å². The van der Waals surface area contributed by atoms with E-state index in [1.807, 2.05) is 61.5 Å². The zero-order valence-electron chi connectivity index (χ0n) is 27.7. The molecule has 0 bridgehead atoms. The second-order valence-electron chi connectivity index (χ2n) is 9.93. The van der Waals surface area contributed by atoms with E-state index in [2.05, 4.69) is 36.4 Å². The Bertz CT molecular complexity index is 1150. The second-order valence-corrected chi connectivity index (χ2v) is 13.5. The number of carboxylic acids is 3. The zero-order chi connectivity index (χ0) is 34.5. The Kier molecular flexibility index (Phi) is 28.8. The van der Waals surface area contributed by atoms with E-state index in [4.69, 9.17) is 19.7 Å². The average molecular weight is 737 g/mol. The first kappa shape index (κ1) is 45.5. The zero-order valence-corrected chi connectivity index (χ0v) is 30.2. The Hall–Kier alpha value is -3.65. The molecule has 3 aromatic carbocycles. The molecule has 8 nitrogen and oxygen atoms in total. The van der Waals surface area contributed by atoms with E-state index >= 15 is 0 Å². The monoisotopic (exact) mass is 735 g/mol. The van der Waals surface area contributed by atoms with Crippen molar-refractivity contribution >= 4 is 47.4 Å². The number of carboxylic acid groups (broad SMARTS) is 3. The number of hydrogen-bond acceptors (Lipinski definition) is 4. The van der Waals surface area contributed by atoms with Crippen LogP contribution in [0.3, 0.4) is 0 Å². The lowest BCUT2D eigenvalue weighted by molar-refractivity contribution is -0.137. The van der Waals surface area contributed by atoms with Crippen LogP contribution in [0, 0.1) is 0 Å². The minimum Gasteiger partial charge on any atom is -1.00 e. The quantitative estimate of drug-likeness (QED) is 0.117. The Balaban J connectivity index is -0.000000692. The molecule has 0 spiro atoms. The molecule has 4 N–H and O–H groups in total. The molecule has 1 saturated heterocycles. The largest absolute Gasteiger partial charge is 1.00 e. The molecule has 0 aliphatic carbocycles. The molecular formula is C37H53BrO8P+. The Morgan fingerprint density at radius 1 is 0.745 bits per heavy atom. The van der Waals surface area contributed by atoms with Crippen molar-refractivity contribution in [2.45, 2.75) is 65.7 Å². The summed E-state index contributed by atoms with van der Waals surface area (Å²) in [6.07, 6.45) is 9.87. The van der Waals surface area contributed by atoms with Gasteiger partial charge >= 0.3 is 17.9 Å². The van der Waals surface area contributed by atoms with Gasteiger partial charge in [0, 0.05) is 28.0 Å². The van der Waals surface area contributed by atoms with Crippen LogP contribution in [-0.4, -0.2) is 63.7 Å². The number of rotatable bonds is 11. The summed E-state index contributed by atoms with van der Waals surface area (Å²) in [4.78, 5) is 38.3. The molecule has 10 heteroatoms. The Morgan fingerprint density at radius 2 is 1.13 bits per heavy atom. The van der Waals surface area contributed by atoms with E-state index in [1.165, 1.54) is 28.8 Å². The molecule has 0 saturated carbocycles. The standard InChI is InChI=1S/C21H19O2P.C5H10O2.C5H8O2.C4H8O.C2H4O.BrH.H2/c22-21(23)16-17-24(18-10-4-1-5-11-18,19-12-6-2-7-13-19)20-14-8-3-9-15-20;2*1-2-3-4-5(6)7;1-2-4-5-3-1;1-2-3;;/h1-15H,16-17H2;2-4H2,1H3,(H,6,7);2-3H,4H2,1H3,(H,6,7);1-4H2;2H,1H3;2*1H/p+1/b;;3-2+;;;;. The number of carbonyl (C=O) groups excluding carboxylic acids is 1. The molecule has 0 radical (unpaired) electrons. The average Bonchev–Trinajstić information content (AvgIpc) is 3.66. The summed E-state index contributed by atoms with van der Waals surface area (Å²) in [6.45, 7) is 7.33. The molecule has 0 unspecified atom stereocenters. The summed E-state index contributed by atoms with van der Waals surface area (Å²) in [5.41, 5.74) is 0. The van der Waals surface area contributed by atoms with Gasteiger partial charge in [0.05, 0.1) is 19.0 Å². The lowest BCUT2D eigenvalue weighted by Gasteiger charge is -2.27. The SMILES string of the molecule is C/C=C/CC(=O)O.C1CCOC1.CC=[OH+].CCCCC(=O)O.O=C(O)CC[P+](c1ccccc1)(c1ccccc1)c1ccccc1.[Br-].[HH]. The van der Waals surface area contributed by atoms with Crippen LogP contribution in [0.1, 0.15) is 67.1 Å². The van der Waals surface area contributed by atoms with E-state index < -0.39 is 25.2 Å². The molecule has 0 aromatic heterocycles. The number of unbranched alkanes of at least 4 members (excludes halogenated alkanes) is 1. The topological polar surface area (TPSA) is 143 Å². The van der Waals surface area contributed by atoms with Gasteiger partial charge in [-0.05, 0) is 62.6 Å². The summed E-state index contributed by atoms with van der Waals surface area (Å²) in [5.74, 6) is -2.22. The van der Waals surface area contributed by atoms with Gasteiger partial charge < -0.3 is 37.0 Å². The molecule has 1 fully saturated rings. The third kappa shape index (κ3) is 21.0. The van der Waals surface area contributed by atoms with Crippen molar-refractivity contribution in [1.29, 1.82) is 0 Å². The summed E-state index contributed by atoms with van der Waals surface area (Å²) in [5, 5.41) is 29.1. The van der Waals surface area contributed by atoms with E-state index in [0.29, 0.717) is 12.6 Å². The van der Waals surface area contributed by atoms with Crippen LogP contribution < -0.4 is 32.9 Å². The predicted octanol–water partition coefficient (Wildman–Crippen LogP) is 3.98. The van der Waals surface area contributed by atoms with Crippen molar-refractivity contribution in [3.63, 3.8) is 0 Å². The number of benzene rings is 3. The van der Waals surface area contributed by atoms with Gasteiger partial charge in [0.15, 0.2) is 0 Å². The summed E-state index contributed by atoms with van der Waals surface area (Å²) < 4.78 is 4.94. The highest BCUT2D eigenvalue weighted by Gasteiger charge is 2.45. The number of aldehydes is 1. The second kappa shape index (κ2) is 29.7. The van der Waals surface area contributed by atoms with Crippen LogP contribution in [0.25, 0.3) is 0 Å². The van der Waals surface area contributed by atoms with Crippen molar-refractivity contribution in [2.75, 3.05) is 19.4 Å². The van der Waals surface area contributed by atoms with Gasteiger partial charge in [0.2, 0.25) is 0 Å². The van der Waals surface area contributed by atoms with Gasteiger partial charge in [-0.15, -0.1) is 0 Å². The first-order valence-corrected chi connectivity index (χ1v) is 17.5. The number of hydrogen-bond donors (Lipinski definition) is 3. The fourth-order valence-corrected chi connectivity index (χ4v) is 8.44. The van der Waals surface area contributed by atoms with Crippen LogP contribution in [-0.2, 0) is 19.1 Å². The Morgan fingerprint density at radius 3 is 1.34 bits per heavy atom. The Labute approximate surface area is 292 Å². The summed E-state index contributed by atoms with van der Waals surface area (Å²) in [6, 6.07) is 31.1. The maximum Gasteiger partial charge on any atom is 0.307 e. The van der Waals surface area contributed by atoms with Gasteiger partial charge in [-0.1, -0.05) is 80.1 Å². The lowest BCUT2D eigenvalue weighted by atomic mass is 10.3. The van der Waals surface area contributed by atoms with Crippen LogP contribution in [0.15, 0.2) is 103 Å². The van der Waals surface area contributed by atoms with Gasteiger partial charge in [-0.2, -0.15) is 0 Å². The highest BCUT2D eigenvalue weighted by Crippen LogP contribution is 2.55. The minimum absolute atomic E-state index is 0. The smallest absolute Gasteiger partial charge is 0.307 e. The molecule has 0 atom stereocenters. The highest BCUT2D eigenvalue weighted by molar-refractivity contribution is 7.95. The first-order chi connectivity index (χ1) is 22.2. The van der Waals surface area contributed by atoms with Gasteiger partial charge in [0.25, 0.3) is 6.29 Å². The normalized spacial score (nSPS) is 11.3. The van der Waals surface area contributed by atoms with Crippen molar-refractivity contribution in [3.05, 3.63) is 103 Å².